The second-order valence-corrected chi connectivity index (χ2v) is 5.07. The number of hydrogen-bond acceptors (Lipinski definition) is 4. The molecule has 82 valence electrons. The van der Waals surface area contributed by atoms with E-state index in [1.807, 2.05) is 0 Å². The first-order valence-electron chi connectivity index (χ1n) is 5.08. The Kier molecular flexibility index (Phi) is 3.11. The zero-order valence-electron chi connectivity index (χ0n) is 8.56. The van der Waals surface area contributed by atoms with Crippen molar-refractivity contribution in [2.45, 2.75) is 42.7 Å². The monoisotopic (exact) mass is 226 g/mol. The van der Waals surface area contributed by atoms with Crippen LogP contribution in [0.25, 0.3) is 0 Å². The van der Waals surface area contributed by atoms with Crippen molar-refractivity contribution in [3.8, 4) is 0 Å². The van der Waals surface area contributed by atoms with Crippen molar-refractivity contribution in [1.29, 1.82) is 0 Å². The third kappa shape index (κ3) is 2.60. The van der Waals surface area contributed by atoms with Gasteiger partial charge < -0.3 is 10.1 Å². The number of aliphatic hydroxyl groups is 1. The molecular formula is C10H14N2O2S. The minimum Gasteiger partial charge on any atom is -0.392 e. The van der Waals surface area contributed by atoms with Crippen LogP contribution in [0, 0.1) is 6.92 Å². The van der Waals surface area contributed by atoms with Gasteiger partial charge in [-0.25, -0.2) is 4.98 Å². The highest BCUT2D eigenvalue weighted by Crippen LogP contribution is 2.32. The summed E-state index contributed by atoms with van der Waals surface area (Å²) in [7, 11) is 0. The fourth-order valence-electron chi connectivity index (χ4n) is 1.79. The largest absolute Gasteiger partial charge is 0.392 e. The maximum atomic E-state index is 11.2. The summed E-state index contributed by atoms with van der Waals surface area (Å²) in [5.74, 6) is 0. The van der Waals surface area contributed by atoms with E-state index < -0.39 is 0 Å². The van der Waals surface area contributed by atoms with Gasteiger partial charge in [0.25, 0.3) is 5.56 Å². The molecule has 2 rings (SSSR count). The van der Waals surface area contributed by atoms with Crippen LogP contribution in [0.15, 0.2) is 16.0 Å². The Labute approximate surface area is 92.1 Å². The highest BCUT2D eigenvalue weighted by molar-refractivity contribution is 7.99. The third-order valence-electron chi connectivity index (χ3n) is 2.53. The SMILES string of the molecule is Cc1cc(=O)[nH]c(SC2CCCC2O)n1. The van der Waals surface area contributed by atoms with Crippen LogP contribution in [-0.4, -0.2) is 26.4 Å². The van der Waals surface area contributed by atoms with E-state index in [4.69, 9.17) is 0 Å². The lowest BCUT2D eigenvalue weighted by atomic mass is 10.3. The molecule has 0 radical (unpaired) electrons. The molecule has 1 aromatic heterocycles. The fraction of sp³-hybridized carbons (Fsp3) is 0.600. The van der Waals surface area contributed by atoms with Crippen molar-refractivity contribution in [2.24, 2.45) is 0 Å². The van der Waals surface area contributed by atoms with Gasteiger partial charge in [-0.3, -0.25) is 4.79 Å². The minimum atomic E-state index is -0.263. The van der Waals surface area contributed by atoms with Gasteiger partial charge in [0.2, 0.25) is 0 Å². The first kappa shape index (κ1) is 10.7. The standard InChI is InChI=1S/C10H14N2O2S/c1-6-5-9(14)12-10(11-6)15-8-4-2-3-7(8)13/h5,7-8,13H,2-4H2,1H3,(H,11,12,14). The molecule has 1 fully saturated rings. The molecule has 5 heteroatoms. The fourth-order valence-corrected chi connectivity index (χ4v) is 3.02. The van der Waals surface area contributed by atoms with E-state index in [0.717, 1.165) is 19.3 Å². The van der Waals surface area contributed by atoms with Crippen LogP contribution in [0.4, 0.5) is 0 Å². The van der Waals surface area contributed by atoms with Crippen LogP contribution in [0.2, 0.25) is 0 Å². The molecule has 1 aromatic rings. The van der Waals surface area contributed by atoms with Gasteiger partial charge in [0.1, 0.15) is 0 Å². The molecule has 0 saturated heterocycles. The number of aromatic nitrogens is 2. The van der Waals surface area contributed by atoms with Crippen LogP contribution in [-0.2, 0) is 0 Å². The van der Waals surface area contributed by atoms with Crippen LogP contribution < -0.4 is 5.56 Å². The van der Waals surface area contributed by atoms with E-state index in [1.54, 1.807) is 6.92 Å². The van der Waals surface area contributed by atoms with Gasteiger partial charge in [-0.15, -0.1) is 0 Å². The average molecular weight is 226 g/mol. The van der Waals surface area contributed by atoms with E-state index in [9.17, 15) is 9.90 Å². The Balaban J connectivity index is 2.13. The van der Waals surface area contributed by atoms with E-state index in [2.05, 4.69) is 9.97 Å². The van der Waals surface area contributed by atoms with Crippen molar-refractivity contribution < 1.29 is 5.11 Å². The summed E-state index contributed by atoms with van der Waals surface area (Å²) in [5, 5.41) is 10.4. The number of hydrogen-bond donors (Lipinski definition) is 2. The smallest absolute Gasteiger partial charge is 0.251 e. The predicted octanol–water partition coefficient (Wildman–Crippen LogP) is 1.08. The summed E-state index contributed by atoms with van der Waals surface area (Å²) >= 11 is 1.47. The molecular weight excluding hydrogens is 212 g/mol. The summed E-state index contributed by atoms with van der Waals surface area (Å²) in [6, 6.07) is 1.47. The summed E-state index contributed by atoms with van der Waals surface area (Å²) in [6.45, 7) is 1.80. The molecule has 1 aliphatic rings. The maximum Gasteiger partial charge on any atom is 0.251 e. The molecule has 0 aromatic carbocycles. The van der Waals surface area contributed by atoms with E-state index in [-0.39, 0.29) is 16.9 Å². The Bertz CT molecular complexity index is 405. The predicted molar refractivity (Wildman–Crippen MR) is 59.1 cm³/mol. The van der Waals surface area contributed by atoms with E-state index >= 15 is 0 Å². The van der Waals surface area contributed by atoms with Crippen LogP contribution in [0.5, 0.6) is 0 Å². The lowest BCUT2D eigenvalue weighted by Gasteiger charge is -2.12. The van der Waals surface area contributed by atoms with Crippen LogP contribution in [0.3, 0.4) is 0 Å². The van der Waals surface area contributed by atoms with Crippen LogP contribution in [0.1, 0.15) is 25.0 Å². The third-order valence-corrected chi connectivity index (χ3v) is 3.80. The summed E-state index contributed by atoms with van der Waals surface area (Å²) in [5.41, 5.74) is 0.589. The van der Waals surface area contributed by atoms with E-state index in [1.165, 1.54) is 17.8 Å². The normalized spacial score (nSPS) is 25.7. The first-order chi connectivity index (χ1) is 7.15. The number of aryl methyl sites for hydroxylation is 1. The maximum absolute atomic E-state index is 11.2. The molecule has 0 amide bonds. The quantitative estimate of drug-likeness (QED) is 0.741. The molecule has 2 atom stereocenters. The number of nitrogens with zero attached hydrogens (tertiary/aromatic N) is 1. The molecule has 2 N–H and O–H groups in total. The van der Waals surface area contributed by atoms with Gasteiger partial charge in [-0.05, 0) is 26.2 Å². The van der Waals surface area contributed by atoms with Crippen molar-refractivity contribution in [2.75, 3.05) is 0 Å². The van der Waals surface area contributed by atoms with Crippen molar-refractivity contribution in [3.05, 3.63) is 22.1 Å². The molecule has 0 bridgehead atoms. The average Bonchev–Trinajstić information content (AvgIpc) is 2.50. The summed E-state index contributed by atoms with van der Waals surface area (Å²) in [6.07, 6.45) is 2.63. The molecule has 1 aliphatic carbocycles. The molecule has 0 spiro atoms. The Morgan fingerprint density at radius 3 is 3.00 bits per heavy atom. The van der Waals surface area contributed by atoms with Gasteiger partial charge in [-0.2, -0.15) is 0 Å². The number of H-pyrrole nitrogens is 1. The lowest BCUT2D eigenvalue weighted by Crippen LogP contribution is -2.17. The lowest BCUT2D eigenvalue weighted by molar-refractivity contribution is 0.188. The molecule has 0 aliphatic heterocycles. The minimum absolute atomic E-state index is 0.127. The highest BCUT2D eigenvalue weighted by Gasteiger charge is 2.26. The zero-order valence-corrected chi connectivity index (χ0v) is 9.38. The van der Waals surface area contributed by atoms with Gasteiger partial charge in [0, 0.05) is 17.0 Å². The number of rotatable bonds is 2. The second-order valence-electron chi connectivity index (χ2n) is 3.85. The van der Waals surface area contributed by atoms with Crippen molar-refractivity contribution >= 4 is 11.8 Å². The molecule has 1 heterocycles. The summed E-state index contributed by atoms with van der Waals surface area (Å²) in [4.78, 5) is 18.1. The first-order valence-corrected chi connectivity index (χ1v) is 5.96. The Hall–Kier alpha value is -0.810. The molecule has 1 saturated carbocycles. The molecule has 4 nitrogen and oxygen atoms in total. The molecule has 15 heavy (non-hydrogen) atoms. The Morgan fingerprint density at radius 2 is 2.40 bits per heavy atom. The van der Waals surface area contributed by atoms with Gasteiger partial charge in [-0.1, -0.05) is 11.8 Å². The van der Waals surface area contributed by atoms with Crippen molar-refractivity contribution in [1.82, 2.24) is 9.97 Å². The molecule has 2 unspecified atom stereocenters. The number of aromatic amines is 1. The zero-order chi connectivity index (χ0) is 10.8. The van der Waals surface area contributed by atoms with Gasteiger partial charge in [0.05, 0.1) is 6.10 Å². The Morgan fingerprint density at radius 1 is 1.60 bits per heavy atom. The second kappa shape index (κ2) is 4.37. The van der Waals surface area contributed by atoms with Gasteiger partial charge >= 0.3 is 0 Å². The summed E-state index contributed by atoms with van der Waals surface area (Å²) < 4.78 is 0. The highest BCUT2D eigenvalue weighted by atomic mass is 32.2. The topological polar surface area (TPSA) is 66.0 Å². The van der Waals surface area contributed by atoms with Gasteiger partial charge in [0.15, 0.2) is 5.16 Å². The van der Waals surface area contributed by atoms with E-state index in [0.29, 0.717) is 10.9 Å². The van der Waals surface area contributed by atoms with Crippen molar-refractivity contribution in [3.63, 3.8) is 0 Å². The van der Waals surface area contributed by atoms with Crippen LogP contribution >= 0.6 is 11.8 Å². The number of thioether (sulfide) groups is 1. The number of nitrogens with one attached hydrogen (secondary N) is 1. The number of aliphatic hydroxyl groups excluding tert-OH is 1.